The highest BCUT2D eigenvalue weighted by atomic mass is 19.1. The molecule has 0 spiro atoms. The van der Waals surface area contributed by atoms with Crippen molar-refractivity contribution in [1.82, 2.24) is 24.8 Å². The van der Waals surface area contributed by atoms with E-state index in [4.69, 9.17) is 4.74 Å². The Morgan fingerprint density at radius 3 is 3.04 bits per heavy atom. The Morgan fingerprint density at radius 1 is 1.21 bits per heavy atom. The lowest BCUT2D eigenvalue weighted by Gasteiger charge is -2.25. The van der Waals surface area contributed by atoms with Crippen molar-refractivity contribution in [2.45, 2.75) is 19.4 Å². The molecule has 1 N–H and O–H groups in total. The number of ether oxygens (including phenoxy) is 1. The third kappa shape index (κ3) is 2.92. The third-order valence-electron chi connectivity index (χ3n) is 4.77. The molecule has 1 aliphatic rings. The van der Waals surface area contributed by atoms with Crippen LogP contribution in [-0.2, 0) is 6.42 Å². The normalized spacial score (nSPS) is 15.7. The Labute approximate surface area is 160 Å². The lowest BCUT2D eigenvalue weighted by Crippen LogP contribution is -2.33. The number of benzene rings is 1. The Hall–Kier alpha value is -3.55. The topological polar surface area (TPSA) is 77.2 Å². The van der Waals surface area contributed by atoms with Crippen LogP contribution in [0.5, 0.6) is 5.75 Å². The van der Waals surface area contributed by atoms with E-state index in [1.807, 2.05) is 30.3 Å². The molecule has 7 nitrogen and oxygen atoms in total. The van der Waals surface area contributed by atoms with E-state index in [9.17, 15) is 4.39 Å². The highest BCUT2D eigenvalue weighted by molar-refractivity contribution is 5.60. The van der Waals surface area contributed by atoms with Crippen LogP contribution in [0.2, 0.25) is 0 Å². The number of rotatable bonds is 3. The number of hydrogen-bond donors (Lipinski definition) is 1. The van der Waals surface area contributed by atoms with Crippen LogP contribution in [0.15, 0.2) is 48.7 Å². The van der Waals surface area contributed by atoms with Gasteiger partial charge in [0.15, 0.2) is 23.0 Å². The molecule has 5 rings (SSSR count). The van der Waals surface area contributed by atoms with Crippen LogP contribution in [0.1, 0.15) is 11.4 Å². The van der Waals surface area contributed by atoms with Crippen LogP contribution in [0.3, 0.4) is 0 Å². The van der Waals surface area contributed by atoms with Crippen molar-refractivity contribution in [2.75, 3.05) is 11.9 Å². The second-order valence-corrected chi connectivity index (χ2v) is 6.74. The summed E-state index contributed by atoms with van der Waals surface area (Å²) in [6.45, 7) is 2.35. The Morgan fingerprint density at radius 2 is 2.14 bits per heavy atom. The molecule has 0 fully saturated rings. The van der Waals surface area contributed by atoms with Gasteiger partial charge >= 0.3 is 0 Å². The standard InChI is InChI=1S/C20H17FN6O/c1-12-4-5-13(9-15(12)21)16-6-7-18-24-25-19(27(18)26-16)10-14-11-23-20-17(28-14)3-2-8-22-20/h2-9,14H,10-11H2,1H3,(H,22,23). The molecule has 28 heavy (non-hydrogen) atoms. The number of anilines is 1. The van der Waals surface area contributed by atoms with Gasteiger partial charge in [-0.3, -0.25) is 0 Å². The molecule has 1 aliphatic heterocycles. The zero-order valence-electron chi connectivity index (χ0n) is 15.1. The lowest BCUT2D eigenvalue weighted by molar-refractivity contribution is 0.202. The van der Waals surface area contributed by atoms with Crippen molar-refractivity contribution >= 4 is 11.5 Å². The van der Waals surface area contributed by atoms with Crippen molar-refractivity contribution in [3.05, 3.63) is 65.9 Å². The molecule has 0 amide bonds. The van der Waals surface area contributed by atoms with Gasteiger partial charge in [-0.2, -0.15) is 9.61 Å². The van der Waals surface area contributed by atoms with Gasteiger partial charge in [-0.15, -0.1) is 10.2 Å². The molecular formula is C20H17FN6O. The van der Waals surface area contributed by atoms with E-state index in [0.29, 0.717) is 41.3 Å². The fourth-order valence-electron chi connectivity index (χ4n) is 3.23. The number of hydrogen-bond acceptors (Lipinski definition) is 6. The molecule has 0 saturated heterocycles. The van der Waals surface area contributed by atoms with Gasteiger partial charge in [0.1, 0.15) is 11.9 Å². The van der Waals surface area contributed by atoms with Crippen LogP contribution in [0.4, 0.5) is 10.2 Å². The first-order valence-electron chi connectivity index (χ1n) is 9.01. The van der Waals surface area contributed by atoms with E-state index < -0.39 is 0 Å². The van der Waals surface area contributed by atoms with E-state index in [1.54, 1.807) is 23.7 Å². The van der Waals surface area contributed by atoms with Crippen molar-refractivity contribution in [2.24, 2.45) is 0 Å². The van der Waals surface area contributed by atoms with Crippen LogP contribution in [-0.4, -0.2) is 37.4 Å². The number of nitrogens with zero attached hydrogens (tertiary/aromatic N) is 5. The second kappa shape index (κ2) is 6.56. The summed E-state index contributed by atoms with van der Waals surface area (Å²) >= 11 is 0. The van der Waals surface area contributed by atoms with Gasteiger partial charge in [0.25, 0.3) is 0 Å². The zero-order chi connectivity index (χ0) is 19.1. The molecule has 0 radical (unpaired) electrons. The molecule has 1 aromatic carbocycles. The molecule has 0 saturated carbocycles. The number of pyridine rings is 1. The number of aryl methyl sites for hydroxylation is 1. The second-order valence-electron chi connectivity index (χ2n) is 6.74. The van der Waals surface area contributed by atoms with E-state index in [1.165, 1.54) is 6.07 Å². The fourth-order valence-corrected chi connectivity index (χ4v) is 3.23. The van der Waals surface area contributed by atoms with Gasteiger partial charge in [-0.25, -0.2) is 9.37 Å². The molecule has 1 unspecified atom stereocenters. The van der Waals surface area contributed by atoms with Crippen LogP contribution >= 0.6 is 0 Å². The summed E-state index contributed by atoms with van der Waals surface area (Å²) in [5.41, 5.74) is 2.61. The molecule has 140 valence electrons. The Balaban J connectivity index is 1.45. The molecular weight excluding hydrogens is 359 g/mol. The molecule has 1 atom stereocenters. The van der Waals surface area contributed by atoms with Crippen molar-refractivity contribution in [1.29, 1.82) is 0 Å². The van der Waals surface area contributed by atoms with Gasteiger partial charge in [-0.1, -0.05) is 12.1 Å². The van der Waals surface area contributed by atoms with Gasteiger partial charge in [0.05, 0.1) is 12.2 Å². The smallest absolute Gasteiger partial charge is 0.177 e. The summed E-state index contributed by atoms with van der Waals surface area (Å²) in [7, 11) is 0. The van der Waals surface area contributed by atoms with Crippen molar-refractivity contribution in [3.8, 4) is 17.0 Å². The maximum Gasteiger partial charge on any atom is 0.177 e. The number of halogens is 1. The summed E-state index contributed by atoms with van der Waals surface area (Å²) in [4.78, 5) is 4.25. The number of aromatic nitrogens is 5. The predicted molar refractivity (Wildman–Crippen MR) is 102 cm³/mol. The molecule has 0 bridgehead atoms. The maximum atomic E-state index is 13.9. The molecule has 4 heterocycles. The van der Waals surface area contributed by atoms with Crippen molar-refractivity contribution < 1.29 is 9.13 Å². The Kier molecular flexibility index (Phi) is 3.89. The SMILES string of the molecule is Cc1ccc(-c2ccc3nnc(CC4CNc5ncccc5O4)n3n2)cc1F. The van der Waals surface area contributed by atoms with E-state index in [0.717, 1.165) is 11.6 Å². The molecule has 4 aromatic rings. The molecule has 0 aliphatic carbocycles. The highest BCUT2D eigenvalue weighted by Crippen LogP contribution is 2.27. The van der Waals surface area contributed by atoms with Crippen molar-refractivity contribution in [3.63, 3.8) is 0 Å². The first-order valence-corrected chi connectivity index (χ1v) is 9.01. The van der Waals surface area contributed by atoms with Gasteiger partial charge in [0, 0.05) is 18.2 Å². The predicted octanol–water partition coefficient (Wildman–Crippen LogP) is 3.05. The fraction of sp³-hybridized carbons (Fsp3) is 0.200. The third-order valence-corrected chi connectivity index (χ3v) is 4.77. The van der Waals surface area contributed by atoms with Gasteiger partial charge in [0.2, 0.25) is 0 Å². The summed E-state index contributed by atoms with van der Waals surface area (Å²) in [5.74, 6) is 1.89. The van der Waals surface area contributed by atoms with E-state index >= 15 is 0 Å². The number of nitrogens with one attached hydrogen (secondary N) is 1. The summed E-state index contributed by atoms with van der Waals surface area (Å²) in [6, 6.07) is 12.5. The average molecular weight is 376 g/mol. The van der Waals surface area contributed by atoms with Crippen LogP contribution in [0, 0.1) is 12.7 Å². The first kappa shape index (κ1) is 16.6. The zero-order valence-corrected chi connectivity index (χ0v) is 15.1. The van der Waals surface area contributed by atoms with Gasteiger partial charge < -0.3 is 10.1 Å². The molecule has 8 heteroatoms. The minimum Gasteiger partial charge on any atom is -0.484 e. The maximum absolute atomic E-state index is 13.9. The summed E-state index contributed by atoms with van der Waals surface area (Å²) in [5, 5.41) is 16.3. The highest BCUT2D eigenvalue weighted by Gasteiger charge is 2.22. The minimum atomic E-state index is -0.252. The van der Waals surface area contributed by atoms with Crippen LogP contribution < -0.4 is 10.1 Å². The number of fused-ring (bicyclic) bond motifs is 2. The summed E-state index contributed by atoms with van der Waals surface area (Å²) in [6.07, 6.45) is 2.13. The monoisotopic (exact) mass is 376 g/mol. The molecule has 3 aromatic heterocycles. The average Bonchev–Trinajstić information content (AvgIpc) is 3.12. The largest absolute Gasteiger partial charge is 0.484 e. The summed E-state index contributed by atoms with van der Waals surface area (Å²) < 4.78 is 21.6. The van der Waals surface area contributed by atoms with Gasteiger partial charge in [-0.05, 0) is 42.8 Å². The Bertz CT molecular complexity index is 1170. The first-order chi connectivity index (χ1) is 13.7. The minimum absolute atomic E-state index is 0.119. The lowest BCUT2D eigenvalue weighted by atomic mass is 10.1. The van der Waals surface area contributed by atoms with E-state index in [2.05, 4.69) is 25.6 Å². The quantitative estimate of drug-likeness (QED) is 0.592. The van der Waals surface area contributed by atoms with Crippen LogP contribution in [0.25, 0.3) is 16.9 Å². The van der Waals surface area contributed by atoms with E-state index in [-0.39, 0.29) is 11.9 Å².